The first-order valence-corrected chi connectivity index (χ1v) is 4.83. The Morgan fingerprint density at radius 3 is 2.44 bits per heavy atom. The van der Waals surface area contributed by atoms with Crippen molar-refractivity contribution in [2.45, 2.75) is 13.3 Å². The highest BCUT2D eigenvalue weighted by Crippen LogP contribution is 2.07. The minimum atomic E-state index is -1.03. The van der Waals surface area contributed by atoms with Gasteiger partial charge in [0.2, 0.25) is 5.91 Å². The first-order valence-electron chi connectivity index (χ1n) is 4.83. The SMILES string of the molecule is CC(=O)NC=C(Cc1ccccc1)C(=O)O. The average Bonchev–Trinajstić information content (AvgIpc) is 2.25. The predicted molar refractivity (Wildman–Crippen MR) is 59.7 cm³/mol. The van der Waals surface area contributed by atoms with E-state index in [0.717, 1.165) is 5.56 Å². The summed E-state index contributed by atoms with van der Waals surface area (Å²) in [5.41, 5.74) is 1.04. The smallest absolute Gasteiger partial charge is 0.333 e. The number of rotatable bonds is 4. The molecule has 1 amide bonds. The molecule has 0 bridgehead atoms. The maximum absolute atomic E-state index is 10.9. The van der Waals surface area contributed by atoms with Crippen molar-refractivity contribution in [1.82, 2.24) is 5.32 Å². The predicted octanol–water partition coefficient (Wildman–Crippen LogP) is 1.33. The van der Waals surface area contributed by atoms with E-state index in [4.69, 9.17) is 5.11 Å². The lowest BCUT2D eigenvalue weighted by Gasteiger charge is -2.03. The highest BCUT2D eigenvalue weighted by Gasteiger charge is 2.08. The molecule has 1 rings (SSSR count). The Balaban J connectivity index is 2.77. The van der Waals surface area contributed by atoms with E-state index in [2.05, 4.69) is 5.32 Å². The molecule has 84 valence electrons. The summed E-state index contributed by atoms with van der Waals surface area (Å²) in [7, 11) is 0. The second kappa shape index (κ2) is 5.70. The van der Waals surface area contributed by atoms with Crippen molar-refractivity contribution in [3.63, 3.8) is 0 Å². The Labute approximate surface area is 93.6 Å². The number of benzene rings is 1. The molecule has 4 heteroatoms. The lowest BCUT2D eigenvalue weighted by atomic mass is 10.1. The van der Waals surface area contributed by atoms with Crippen molar-refractivity contribution in [2.75, 3.05) is 0 Å². The third kappa shape index (κ3) is 3.96. The molecule has 0 aliphatic heterocycles. The van der Waals surface area contributed by atoms with E-state index in [1.807, 2.05) is 30.3 Å². The molecular weight excluding hydrogens is 206 g/mol. The maximum Gasteiger partial charge on any atom is 0.333 e. The topological polar surface area (TPSA) is 66.4 Å². The lowest BCUT2D eigenvalue weighted by molar-refractivity contribution is -0.132. The summed E-state index contributed by atoms with van der Waals surface area (Å²) in [6.45, 7) is 1.33. The molecule has 16 heavy (non-hydrogen) atoms. The van der Waals surface area contributed by atoms with Gasteiger partial charge in [-0.25, -0.2) is 4.79 Å². The Morgan fingerprint density at radius 1 is 1.31 bits per heavy atom. The van der Waals surface area contributed by atoms with Gasteiger partial charge in [0.25, 0.3) is 0 Å². The van der Waals surface area contributed by atoms with E-state index in [1.54, 1.807) is 0 Å². The molecular formula is C12H13NO3. The number of hydrogen-bond acceptors (Lipinski definition) is 2. The van der Waals surface area contributed by atoms with Crippen LogP contribution in [0.5, 0.6) is 0 Å². The van der Waals surface area contributed by atoms with Crippen LogP contribution < -0.4 is 5.32 Å². The molecule has 0 unspecified atom stereocenters. The molecule has 0 saturated heterocycles. The zero-order valence-corrected chi connectivity index (χ0v) is 8.93. The lowest BCUT2D eigenvalue weighted by Crippen LogP contribution is -2.16. The van der Waals surface area contributed by atoms with E-state index >= 15 is 0 Å². The Hall–Kier alpha value is -2.10. The minimum Gasteiger partial charge on any atom is -0.478 e. The number of carboxylic acids is 1. The molecule has 0 aromatic heterocycles. The van der Waals surface area contributed by atoms with Crippen LogP contribution >= 0.6 is 0 Å². The Bertz CT molecular complexity index is 410. The van der Waals surface area contributed by atoms with Crippen LogP contribution in [-0.4, -0.2) is 17.0 Å². The Kier molecular flexibility index (Phi) is 4.27. The van der Waals surface area contributed by atoms with E-state index in [0.29, 0.717) is 0 Å². The highest BCUT2D eigenvalue weighted by molar-refractivity contribution is 5.88. The van der Waals surface area contributed by atoms with E-state index < -0.39 is 5.97 Å². The fourth-order valence-corrected chi connectivity index (χ4v) is 1.19. The van der Waals surface area contributed by atoms with Gasteiger partial charge in [-0.2, -0.15) is 0 Å². The van der Waals surface area contributed by atoms with Gasteiger partial charge < -0.3 is 10.4 Å². The summed E-state index contributed by atoms with van der Waals surface area (Å²) in [4.78, 5) is 21.6. The summed E-state index contributed by atoms with van der Waals surface area (Å²) in [6, 6.07) is 9.22. The first kappa shape index (κ1) is 12.0. The van der Waals surface area contributed by atoms with Crippen molar-refractivity contribution in [1.29, 1.82) is 0 Å². The van der Waals surface area contributed by atoms with Crippen LogP contribution in [0.4, 0.5) is 0 Å². The van der Waals surface area contributed by atoms with Gasteiger partial charge in [-0.15, -0.1) is 0 Å². The number of carboxylic acid groups (broad SMARTS) is 1. The number of carbonyl (C=O) groups excluding carboxylic acids is 1. The van der Waals surface area contributed by atoms with Gasteiger partial charge in [-0.3, -0.25) is 4.79 Å². The normalized spacial score (nSPS) is 10.9. The van der Waals surface area contributed by atoms with Crippen LogP contribution in [0.3, 0.4) is 0 Å². The van der Waals surface area contributed by atoms with E-state index in [-0.39, 0.29) is 17.9 Å². The fraction of sp³-hybridized carbons (Fsp3) is 0.167. The summed E-state index contributed by atoms with van der Waals surface area (Å²) in [5.74, 6) is -1.32. The van der Waals surface area contributed by atoms with Gasteiger partial charge in [0.05, 0.1) is 5.57 Å². The molecule has 0 fully saturated rings. The molecule has 2 N–H and O–H groups in total. The van der Waals surface area contributed by atoms with Crippen LogP contribution in [0.2, 0.25) is 0 Å². The van der Waals surface area contributed by atoms with Gasteiger partial charge in [0.1, 0.15) is 0 Å². The van der Waals surface area contributed by atoms with Gasteiger partial charge in [-0.05, 0) is 5.56 Å². The van der Waals surface area contributed by atoms with Gasteiger partial charge in [-0.1, -0.05) is 30.3 Å². The van der Waals surface area contributed by atoms with Gasteiger partial charge in [0, 0.05) is 19.5 Å². The van der Waals surface area contributed by atoms with E-state index in [1.165, 1.54) is 13.1 Å². The summed E-state index contributed by atoms with van der Waals surface area (Å²) in [5, 5.41) is 11.3. The fourth-order valence-electron chi connectivity index (χ4n) is 1.19. The maximum atomic E-state index is 10.9. The zero-order valence-electron chi connectivity index (χ0n) is 8.93. The van der Waals surface area contributed by atoms with Gasteiger partial charge in [0.15, 0.2) is 0 Å². The average molecular weight is 219 g/mol. The third-order valence-corrected chi connectivity index (χ3v) is 1.96. The van der Waals surface area contributed by atoms with Crippen LogP contribution in [0.25, 0.3) is 0 Å². The molecule has 1 aromatic rings. The number of nitrogens with one attached hydrogen (secondary N) is 1. The van der Waals surface area contributed by atoms with Crippen molar-refractivity contribution in [2.24, 2.45) is 0 Å². The monoisotopic (exact) mass is 219 g/mol. The summed E-state index contributed by atoms with van der Waals surface area (Å²) in [6.07, 6.45) is 1.52. The Morgan fingerprint density at radius 2 is 1.94 bits per heavy atom. The summed E-state index contributed by atoms with van der Waals surface area (Å²) < 4.78 is 0. The first-order chi connectivity index (χ1) is 7.59. The minimum absolute atomic E-state index is 0.154. The molecule has 0 spiro atoms. The van der Waals surface area contributed by atoms with Gasteiger partial charge >= 0.3 is 5.97 Å². The molecule has 0 aliphatic carbocycles. The highest BCUT2D eigenvalue weighted by atomic mass is 16.4. The quantitative estimate of drug-likeness (QED) is 0.751. The van der Waals surface area contributed by atoms with Crippen molar-refractivity contribution in [3.8, 4) is 0 Å². The second-order valence-corrected chi connectivity index (χ2v) is 3.34. The molecule has 0 atom stereocenters. The second-order valence-electron chi connectivity index (χ2n) is 3.34. The largest absolute Gasteiger partial charge is 0.478 e. The number of aliphatic carboxylic acids is 1. The van der Waals surface area contributed by atoms with Crippen molar-refractivity contribution >= 4 is 11.9 Å². The number of hydrogen-bond donors (Lipinski definition) is 2. The van der Waals surface area contributed by atoms with Crippen LogP contribution in [0.15, 0.2) is 42.1 Å². The standard InChI is InChI=1S/C12H13NO3/c1-9(14)13-8-11(12(15)16)7-10-5-3-2-4-6-10/h2-6,8H,7H2,1H3,(H,13,14)(H,15,16). The molecule has 0 saturated carbocycles. The van der Waals surface area contributed by atoms with Crippen molar-refractivity contribution in [3.05, 3.63) is 47.7 Å². The van der Waals surface area contributed by atoms with Crippen LogP contribution in [0, 0.1) is 0 Å². The number of amides is 1. The molecule has 1 aromatic carbocycles. The van der Waals surface area contributed by atoms with E-state index in [9.17, 15) is 9.59 Å². The molecule has 0 aliphatic rings. The van der Waals surface area contributed by atoms with Crippen LogP contribution in [-0.2, 0) is 16.0 Å². The third-order valence-electron chi connectivity index (χ3n) is 1.96. The molecule has 0 radical (unpaired) electrons. The number of carbonyl (C=O) groups is 2. The van der Waals surface area contributed by atoms with Crippen molar-refractivity contribution < 1.29 is 14.7 Å². The molecule has 0 heterocycles. The molecule has 4 nitrogen and oxygen atoms in total. The summed E-state index contributed by atoms with van der Waals surface area (Å²) >= 11 is 0. The zero-order chi connectivity index (χ0) is 12.0. The van der Waals surface area contributed by atoms with Crippen LogP contribution in [0.1, 0.15) is 12.5 Å².